The minimum Gasteiger partial charge on any atom is -0.463 e. The zero-order chi connectivity index (χ0) is 22.3. The maximum Gasteiger partial charge on any atom is 0.416 e. The Bertz CT molecular complexity index is 1000. The van der Waals surface area contributed by atoms with Crippen LogP contribution in [0.5, 0.6) is 0 Å². The predicted octanol–water partition coefficient (Wildman–Crippen LogP) is 2.80. The number of hydrogen-bond donors (Lipinski definition) is 1. The highest BCUT2D eigenvalue weighted by molar-refractivity contribution is 7.91. The van der Waals surface area contributed by atoms with E-state index in [1.54, 1.807) is 6.92 Å². The third kappa shape index (κ3) is 4.16. The third-order valence-corrected chi connectivity index (χ3v) is 6.92. The number of halogens is 3. The minimum atomic E-state index is -4.70. The number of nitrogens with one attached hydrogen (secondary N) is 1. The van der Waals surface area contributed by atoms with Gasteiger partial charge >= 0.3 is 18.2 Å². The van der Waals surface area contributed by atoms with E-state index in [0.717, 1.165) is 11.0 Å². The van der Waals surface area contributed by atoms with Crippen molar-refractivity contribution in [3.63, 3.8) is 0 Å². The zero-order valence-corrected chi connectivity index (χ0v) is 17.1. The number of rotatable bonds is 4. The van der Waals surface area contributed by atoms with Crippen LogP contribution < -0.4 is 5.32 Å². The van der Waals surface area contributed by atoms with Crippen LogP contribution in [0.1, 0.15) is 37.4 Å². The molecule has 0 spiro atoms. The maximum absolute atomic E-state index is 13.6. The molecule has 0 bridgehead atoms. The van der Waals surface area contributed by atoms with E-state index in [4.69, 9.17) is 4.74 Å². The molecule has 1 aromatic rings. The Morgan fingerprint density at radius 1 is 1.30 bits per heavy atom. The van der Waals surface area contributed by atoms with Crippen LogP contribution in [0.3, 0.4) is 0 Å². The van der Waals surface area contributed by atoms with Crippen molar-refractivity contribution in [1.82, 2.24) is 10.2 Å². The van der Waals surface area contributed by atoms with Crippen LogP contribution in [0.4, 0.5) is 18.0 Å². The Morgan fingerprint density at radius 3 is 2.53 bits per heavy atom. The minimum absolute atomic E-state index is 0.0188. The zero-order valence-electron chi connectivity index (χ0n) is 16.3. The van der Waals surface area contributed by atoms with E-state index >= 15 is 0 Å². The molecule has 2 aliphatic heterocycles. The molecule has 0 saturated carbocycles. The van der Waals surface area contributed by atoms with Crippen molar-refractivity contribution in [2.45, 2.75) is 38.5 Å². The summed E-state index contributed by atoms with van der Waals surface area (Å²) < 4.78 is 69.4. The molecule has 1 fully saturated rings. The van der Waals surface area contributed by atoms with Crippen molar-refractivity contribution in [2.24, 2.45) is 0 Å². The number of nitrogens with zero attached hydrogens (tertiary/aromatic N) is 1. The van der Waals surface area contributed by atoms with Crippen LogP contribution in [0.15, 0.2) is 35.5 Å². The van der Waals surface area contributed by atoms with E-state index in [2.05, 4.69) is 5.32 Å². The summed E-state index contributed by atoms with van der Waals surface area (Å²) in [5, 5.41) is 2.45. The van der Waals surface area contributed by atoms with Crippen LogP contribution in [0, 0.1) is 0 Å². The molecule has 3 rings (SSSR count). The molecule has 2 heterocycles. The van der Waals surface area contributed by atoms with Gasteiger partial charge in [-0.15, -0.1) is 0 Å². The summed E-state index contributed by atoms with van der Waals surface area (Å²) >= 11 is 0. The highest BCUT2D eigenvalue weighted by atomic mass is 32.2. The molecule has 30 heavy (non-hydrogen) atoms. The largest absolute Gasteiger partial charge is 0.463 e. The molecule has 2 atom stereocenters. The Morgan fingerprint density at radius 2 is 1.97 bits per heavy atom. The van der Waals surface area contributed by atoms with Gasteiger partial charge in [-0.25, -0.2) is 18.0 Å². The lowest BCUT2D eigenvalue weighted by molar-refractivity contribution is -0.141. The Kier molecular flexibility index (Phi) is 5.85. The fourth-order valence-corrected chi connectivity index (χ4v) is 5.59. The molecule has 2 amide bonds. The van der Waals surface area contributed by atoms with Gasteiger partial charge < -0.3 is 10.1 Å². The molecule has 1 N–H and O–H groups in total. The molecule has 0 aliphatic carbocycles. The van der Waals surface area contributed by atoms with Gasteiger partial charge in [0.25, 0.3) is 0 Å². The molecule has 0 unspecified atom stereocenters. The second kappa shape index (κ2) is 7.93. The number of benzene rings is 1. The van der Waals surface area contributed by atoms with Gasteiger partial charge in [0.2, 0.25) is 0 Å². The summed E-state index contributed by atoms with van der Waals surface area (Å²) in [6.07, 6.45) is -4.53. The summed E-state index contributed by atoms with van der Waals surface area (Å²) in [6.45, 7) is 2.95. The normalized spacial score (nSPS) is 24.0. The molecule has 164 valence electrons. The van der Waals surface area contributed by atoms with E-state index in [-0.39, 0.29) is 41.4 Å². The quantitative estimate of drug-likeness (QED) is 0.718. The number of alkyl halides is 3. The van der Waals surface area contributed by atoms with Gasteiger partial charge in [0.15, 0.2) is 9.84 Å². The first-order chi connectivity index (χ1) is 14.0. The lowest BCUT2D eigenvalue weighted by Crippen LogP contribution is -2.52. The van der Waals surface area contributed by atoms with Crippen molar-refractivity contribution >= 4 is 21.8 Å². The molecule has 11 heteroatoms. The fourth-order valence-electron chi connectivity index (χ4n) is 3.89. The number of carbonyl (C=O) groups is 2. The number of amides is 2. The summed E-state index contributed by atoms with van der Waals surface area (Å²) in [4.78, 5) is 26.7. The van der Waals surface area contributed by atoms with Crippen LogP contribution in [0.2, 0.25) is 0 Å². The van der Waals surface area contributed by atoms with Crippen molar-refractivity contribution in [3.8, 4) is 0 Å². The summed E-state index contributed by atoms with van der Waals surface area (Å²) in [6, 6.07) is 1.80. The first-order valence-corrected chi connectivity index (χ1v) is 11.1. The maximum atomic E-state index is 13.6. The molecule has 2 aliphatic rings. The Hall–Kier alpha value is -2.56. The third-order valence-electron chi connectivity index (χ3n) is 5.17. The lowest BCUT2D eigenvalue weighted by Gasteiger charge is -2.38. The molecule has 1 saturated heterocycles. The SMILES string of the molecule is CCOC(=O)C1=C(C)N([C@H]2CCS(=O)(=O)C2)C(=O)N[C@H]1c1ccccc1C(F)(F)F. The second-order valence-corrected chi connectivity index (χ2v) is 9.34. The van der Waals surface area contributed by atoms with Crippen LogP contribution in [-0.2, 0) is 25.5 Å². The van der Waals surface area contributed by atoms with Gasteiger partial charge in [0.1, 0.15) is 0 Å². The second-order valence-electron chi connectivity index (χ2n) is 7.11. The number of esters is 1. The van der Waals surface area contributed by atoms with Gasteiger partial charge in [-0.1, -0.05) is 18.2 Å². The molecule has 0 radical (unpaired) electrons. The first-order valence-electron chi connectivity index (χ1n) is 9.30. The van der Waals surface area contributed by atoms with E-state index in [1.165, 1.54) is 25.1 Å². The number of hydrogen-bond acceptors (Lipinski definition) is 5. The van der Waals surface area contributed by atoms with Crippen LogP contribution in [0.25, 0.3) is 0 Å². The van der Waals surface area contributed by atoms with Gasteiger partial charge in [-0.05, 0) is 31.9 Å². The summed E-state index contributed by atoms with van der Waals surface area (Å²) in [5.41, 5.74) is -1.35. The number of sulfone groups is 1. The average molecular weight is 446 g/mol. The lowest BCUT2D eigenvalue weighted by atomic mass is 9.90. The molecular weight excluding hydrogens is 425 g/mol. The Labute approximate surface area is 171 Å². The van der Waals surface area contributed by atoms with Crippen LogP contribution >= 0.6 is 0 Å². The fraction of sp³-hybridized carbons (Fsp3) is 0.474. The van der Waals surface area contributed by atoms with Gasteiger partial charge in [-0.3, -0.25) is 4.90 Å². The summed E-state index contributed by atoms with van der Waals surface area (Å²) in [7, 11) is -3.34. The number of carbonyl (C=O) groups excluding carboxylic acids is 2. The highest BCUT2D eigenvalue weighted by Crippen LogP contribution is 2.40. The summed E-state index contributed by atoms with van der Waals surface area (Å²) in [5.74, 6) is -1.26. The van der Waals surface area contributed by atoms with Crippen molar-refractivity contribution in [1.29, 1.82) is 0 Å². The van der Waals surface area contributed by atoms with Crippen molar-refractivity contribution in [2.75, 3.05) is 18.1 Å². The predicted molar refractivity (Wildman–Crippen MR) is 101 cm³/mol. The van der Waals surface area contributed by atoms with E-state index in [0.29, 0.717) is 0 Å². The average Bonchev–Trinajstić information content (AvgIpc) is 3.00. The van der Waals surface area contributed by atoms with E-state index < -0.39 is 45.7 Å². The van der Waals surface area contributed by atoms with Gasteiger partial charge in [-0.2, -0.15) is 13.2 Å². The van der Waals surface area contributed by atoms with E-state index in [1.807, 2.05) is 0 Å². The highest BCUT2D eigenvalue weighted by Gasteiger charge is 2.45. The molecular formula is C19H21F3N2O5S. The smallest absolute Gasteiger partial charge is 0.416 e. The van der Waals surface area contributed by atoms with Crippen LogP contribution in [-0.4, -0.2) is 49.5 Å². The first kappa shape index (κ1) is 22.1. The topological polar surface area (TPSA) is 92.8 Å². The molecule has 0 aromatic heterocycles. The molecule has 7 nitrogen and oxygen atoms in total. The number of urea groups is 1. The van der Waals surface area contributed by atoms with Gasteiger partial charge in [0, 0.05) is 5.70 Å². The van der Waals surface area contributed by atoms with Gasteiger partial charge in [0.05, 0.1) is 41.3 Å². The number of ether oxygens (including phenoxy) is 1. The van der Waals surface area contributed by atoms with Crippen molar-refractivity contribution in [3.05, 3.63) is 46.7 Å². The van der Waals surface area contributed by atoms with E-state index in [9.17, 15) is 31.2 Å². The monoisotopic (exact) mass is 446 g/mol. The Balaban J connectivity index is 2.14. The molecule has 1 aromatic carbocycles. The number of allylic oxidation sites excluding steroid dienone is 1. The van der Waals surface area contributed by atoms with Crippen molar-refractivity contribution < 1.29 is 35.9 Å². The standard InChI is InChI=1S/C19H21F3N2O5S/c1-3-29-17(25)15-11(2)24(12-8-9-30(27,28)10-12)18(26)23-16(15)13-6-4-5-7-14(13)19(20,21)22/h4-7,12,16H,3,8-10H2,1-2H3,(H,23,26)/t12-,16-/m0/s1.